The van der Waals surface area contributed by atoms with E-state index in [1.165, 1.54) is 0 Å². The van der Waals surface area contributed by atoms with Gasteiger partial charge in [0.05, 0.1) is 12.2 Å². The summed E-state index contributed by atoms with van der Waals surface area (Å²) in [6.45, 7) is 1.39. The quantitative estimate of drug-likeness (QED) is 0.798. The topological polar surface area (TPSA) is 9.23 Å². The van der Waals surface area contributed by atoms with Crippen LogP contribution < -0.4 is 0 Å². The summed E-state index contributed by atoms with van der Waals surface area (Å²) < 4.78 is 42.4. The highest BCUT2D eigenvalue weighted by Crippen LogP contribution is 2.29. The molecule has 1 fully saturated rings. The van der Waals surface area contributed by atoms with Crippen LogP contribution in [0.5, 0.6) is 0 Å². The third kappa shape index (κ3) is 4.53. The van der Waals surface area contributed by atoms with Crippen LogP contribution in [0.15, 0.2) is 24.3 Å². The Morgan fingerprint density at radius 3 is 2.53 bits per heavy atom. The molecule has 1 atom stereocenters. The van der Waals surface area contributed by atoms with Crippen LogP contribution in [-0.2, 0) is 17.3 Å². The molecule has 0 amide bonds. The highest BCUT2D eigenvalue weighted by molar-refractivity contribution is 5.24. The average Bonchev–Trinajstić information content (AvgIpc) is 2.39. The number of alkyl halides is 3. The van der Waals surface area contributed by atoms with Crippen molar-refractivity contribution in [3.05, 3.63) is 41.8 Å². The van der Waals surface area contributed by atoms with E-state index in [1.807, 2.05) is 0 Å². The van der Waals surface area contributed by atoms with Crippen LogP contribution in [0.25, 0.3) is 0 Å². The molecule has 0 bridgehead atoms. The fraction of sp³-hybridized carbons (Fsp3) is 0.533. The molecule has 0 spiro atoms. The minimum absolute atomic E-state index is 0.475. The Kier molecular flexibility index (Phi) is 4.86. The van der Waals surface area contributed by atoms with Crippen molar-refractivity contribution < 1.29 is 17.9 Å². The maximum atomic E-state index is 12.4. The zero-order valence-corrected chi connectivity index (χ0v) is 10.7. The Morgan fingerprint density at radius 2 is 1.95 bits per heavy atom. The third-order valence-electron chi connectivity index (χ3n) is 3.38. The predicted octanol–water partition coefficient (Wildman–Crippen LogP) is 4.15. The minimum atomic E-state index is -4.25. The molecule has 1 saturated heterocycles. The fourth-order valence-electron chi connectivity index (χ4n) is 2.24. The van der Waals surface area contributed by atoms with Crippen molar-refractivity contribution in [2.45, 2.75) is 31.9 Å². The number of hydrogen-bond acceptors (Lipinski definition) is 1. The Balaban J connectivity index is 1.76. The highest BCUT2D eigenvalue weighted by Gasteiger charge is 2.29. The summed E-state index contributed by atoms with van der Waals surface area (Å²) in [6, 6.07) is 5.45. The molecule has 0 N–H and O–H groups in total. The van der Waals surface area contributed by atoms with E-state index >= 15 is 0 Å². The second kappa shape index (κ2) is 6.42. The lowest BCUT2D eigenvalue weighted by atomic mass is 9.93. The average molecular weight is 270 g/mol. The first-order chi connectivity index (χ1) is 9.05. The first-order valence-corrected chi connectivity index (χ1v) is 6.53. The summed E-state index contributed by atoms with van der Waals surface area (Å²) in [4.78, 5) is 0. The van der Waals surface area contributed by atoms with Crippen molar-refractivity contribution in [1.29, 1.82) is 0 Å². The van der Waals surface area contributed by atoms with E-state index in [0.717, 1.165) is 50.0 Å². The van der Waals surface area contributed by atoms with E-state index < -0.39 is 11.7 Å². The van der Waals surface area contributed by atoms with Gasteiger partial charge in [0, 0.05) is 13.0 Å². The highest BCUT2D eigenvalue weighted by atomic mass is 19.4. The Morgan fingerprint density at radius 1 is 1.21 bits per heavy atom. The molecule has 2 radical (unpaired) electrons. The Bertz CT molecular complexity index is 377. The number of rotatable bonds is 4. The number of ether oxygens (including phenoxy) is 1. The first-order valence-electron chi connectivity index (χ1n) is 6.53. The van der Waals surface area contributed by atoms with Crippen LogP contribution in [0.1, 0.15) is 30.4 Å². The summed E-state index contributed by atoms with van der Waals surface area (Å²) in [5.41, 5.74) is 0.377. The van der Waals surface area contributed by atoms with Crippen molar-refractivity contribution in [2.75, 3.05) is 13.2 Å². The molecule has 104 valence electrons. The molecular weight excluding hydrogens is 253 g/mol. The maximum absolute atomic E-state index is 12.4. The fourth-order valence-corrected chi connectivity index (χ4v) is 2.24. The van der Waals surface area contributed by atoms with Crippen LogP contribution in [0.4, 0.5) is 13.2 Å². The summed E-state index contributed by atoms with van der Waals surface area (Å²) in [7, 11) is 0. The molecule has 0 aromatic heterocycles. The monoisotopic (exact) mass is 270 g/mol. The van der Waals surface area contributed by atoms with Crippen molar-refractivity contribution >= 4 is 0 Å². The van der Waals surface area contributed by atoms with E-state index in [4.69, 9.17) is 4.74 Å². The lowest BCUT2D eigenvalue weighted by Crippen LogP contribution is -2.16. The van der Waals surface area contributed by atoms with Crippen molar-refractivity contribution in [1.82, 2.24) is 0 Å². The van der Waals surface area contributed by atoms with Gasteiger partial charge in [-0.05, 0) is 49.3 Å². The lowest BCUT2D eigenvalue weighted by molar-refractivity contribution is -0.137. The van der Waals surface area contributed by atoms with Crippen molar-refractivity contribution in [3.8, 4) is 0 Å². The van der Waals surface area contributed by atoms with Gasteiger partial charge >= 0.3 is 6.18 Å². The van der Waals surface area contributed by atoms with Gasteiger partial charge in [-0.1, -0.05) is 12.1 Å². The standard InChI is InChI=1S/C15H17F3O/c16-15(17,18)14-6-4-12(5-7-14)2-1-3-13-8-10-19-11-9-13/h4-7,13H,1-3,8,10-11H2. The normalized spacial score (nSPS) is 17.6. The van der Waals surface area contributed by atoms with Gasteiger partial charge in [-0.3, -0.25) is 0 Å². The van der Waals surface area contributed by atoms with E-state index in [-0.39, 0.29) is 0 Å². The molecule has 1 aromatic carbocycles. The number of aryl methyl sites for hydroxylation is 1. The van der Waals surface area contributed by atoms with Crippen LogP contribution in [0.2, 0.25) is 0 Å². The third-order valence-corrected chi connectivity index (χ3v) is 3.38. The van der Waals surface area contributed by atoms with Gasteiger partial charge < -0.3 is 4.74 Å². The zero-order valence-electron chi connectivity index (χ0n) is 10.7. The molecule has 19 heavy (non-hydrogen) atoms. The SMILES string of the molecule is FC(F)(F)c1ccc(CCCC2[C]COCC2)cc1. The zero-order chi connectivity index (χ0) is 13.7. The lowest BCUT2D eigenvalue weighted by Gasteiger charge is -2.20. The van der Waals surface area contributed by atoms with Gasteiger partial charge in [0.15, 0.2) is 0 Å². The molecule has 1 aliphatic rings. The smallest absolute Gasteiger partial charge is 0.381 e. The number of halogens is 3. The van der Waals surface area contributed by atoms with E-state index in [9.17, 15) is 13.2 Å². The van der Waals surface area contributed by atoms with Crippen molar-refractivity contribution in [2.24, 2.45) is 5.92 Å². The molecule has 0 saturated carbocycles. The number of benzene rings is 1. The Hall–Kier alpha value is -1.03. The molecule has 4 heteroatoms. The Labute approximate surface area is 111 Å². The molecule has 0 aliphatic carbocycles. The molecule has 1 aromatic rings. The van der Waals surface area contributed by atoms with E-state index in [1.54, 1.807) is 12.1 Å². The molecule has 2 rings (SSSR count). The molecule has 1 nitrogen and oxygen atoms in total. The van der Waals surface area contributed by atoms with Gasteiger partial charge in [0.1, 0.15) is 0 Å². The second-order valence-corrected chi connectivity index (χ2v) is 4.83. The summed E-state index contributed by atoms with van der Waals surface area (Å²) in [5, 5.41) is 0. The second-order valence-electron chi connectivity index (χ2n) is 4.83. The van der Waals surface area contributed by atoms with Crippen molar-refractivity contribution in [3.63, 3.8) is 0 Å². The summed E-state index contributed by atoms with van der Waals surface area (Å²) in [5.74, 6) is 0.475. The van der Waals surface area contributed by atoms with Crippen LogP contribution in [0, 0.1) is 12.3 Å². The number of hydrogen-bond donors (Lipinski definition) is 0. The summed E-state index contributed by atoms with van der Waals surface area (Å²) in [6.07, 6.45) is 2.85. The first kappa shape index (κ1) is 14.4. The summed E-state index contributed by atoms with van der Waals surface area (Å²) >= 11 is 0. The minimum Gasteiger partial charge on any atom is -0.381 e. The largest absolute Gasteiger partial charge is 0.416 e. The van der Waals surface area contributed by atoms with Gasteiger partial charge in [-0.2, -0.15) is 13.2 Å². The molecule has 1 unspecified atom stereocenters. The van der Waals surface area contributed by atoms with E-state index in [0.29, 0.717) is 12.5 Å². The van der Waals surface area contributed by atoms with E-state index in [2.05, 4.69) is 6.42 Å². The van der Waals surface area contributed by atoms with Crippen LogP contribution in [-0.4, -0.2) is 13.2 Å². The van der Waals surface area contributed by atoms with Gasteiger partial charge in [0.2, 0.25) is 0 Å². The van der Waals surface area contributed by atoms with Crippen LogP contribution >= 0.6 is 0 Å². The van der Waals surface area contributed by atoms with Gasteiger partial charge in [0.25, 0.3) is 0 Å². The predicted molar refractivity (Wildman–Crippen MR) is 66.6 cm³/mol. The van der Waals surface area contributed by atoms with Crippen LogP contribution in [0.3, 0.4) is 0 Å². The van der Waals surface area contributed by atoms with Gasteiger partial charge in [-0.15, -0.1) is 0 Å². The maximum Gasteiger partial charge on any atom is 0.416 e. The molecule has 1 heterocycles. The molecule has 1 aliphatic heterocycles. The van der Waals surface area contributed by atoms with Gasteiger partial charge in [-0.25, -0.2) is 0 Å². The molecular formula is C15H17F3O.